The lowest BCUT2D eigenvalue weighted by atomic mass is 10.3. The van der Waals surface area contributed by atoms with Crippen molar-refractivity contribution in [1.29, 1.82) is 0 Å². The van der Waals surface area contributed by atoms with Crippen LogP contribution in [0.15, 0.2) is 23.8 Å². The van der Waals surface area contributed by atoms with Crippen LogP contribution in [0.5, 0.6) is 0 Å². The lowest BCUT2D eigenvalue weighted by Gasteiger charge is -2.13. The van der Waals surface area contributed by atoms with Gasteiger partial charge in [0, 0.05) is 47.7 Å². The smallest absolute Gasteiger partial charge is 0.0555 e. The highest BCUT2D eigenvalue weighted by Crippen LogP contribution is 2.16. The first-order chi connectivity index (χ1) is 9.17. The number of nitrogens with zero attached hydrogens (tertiary/aromatic N) is 3. The predicted molar refractivity (Wildman–Crippen MR) is 78.6 cm³/mol. The molecule has 0 radical (unpaired) electrons. The Morgan fingerprint density at radius 3 is 3.00 bits per heavy atom. The Hall–Kier alpha value is -1.61. The fourth-order valence-corrected chi connectivity index (χ4v) is 2.76. The summed E-state index contributed by atoms with van der Waals surface area (Å²) in [6.07, 6.45) is 3.95. The lowest BCUT2D eigenvalue weighted by Crippen LogP contribution is -2.16. The minimum atomic E-state index is 0.409. The first-order valence-corrected chi connectivity index (χ1v) is 6.98. The van der Waals surface area contributed by atoms with E-state index in [2.05, 4.69) is 40.3 Å². The number of aromatic nitrogens is 2. The van der Waals surface area contributed by atoms with E-state index in [9.17, 15) is 0 Å². The van der Waals surface area contributed by atoms with Crippen LogP contribution in [0.4, 0.5) is 0 Å². The maximum Gasteiger partial charge on any atom is 0.0555 e. The van der Waals surface area contributed by atoms with Crippen molar-refractivity contribution in [3.8, 4) is 11.8 Å². The third-order valence-corrected chi connectivity index (χ3v) is 3.55. The molecule has 100 valence electrons. The van der Waals surface area contributed by atoms with Crippen LogP contribution in [0.25, 0.3) is 0 Å². The molecule has 2 heterocycles. The zero-order chi connectivity index (χ0) is 13.7. The zero-order valence-electron chi connectivity index (χ0n) is 11.3. The van der Waals surface area contributed by atoms with Crippen molar-refractivity contribution in [2.75, 3.05) is 13.6 Å². The van der Waals surface area contributed by atoms with Crippen molar-refractivity contribution >= 4 is 11.3 Å². The molecule has 0 atom stereocenters. The van der Waals surface area contributed by atoms with E-state index in [0.717, 1.165) is 18.7 Å². The average molecular weight is 274 g/mol. The van der Waals surface area contributed by atoms with E-state index < -0.39 is 0 Å². The van der Waals surface area contributed by atoms with Crippen molar-refractivity contribution in [2.45, 2.75) is 13.1 Å². The summed E-state index contributed by atoms with van der Waals surface area (Å²) in [6, 6.07) is 2.13. The fraction of sp³-hybridized carbons (Fsp3) is 0.357. The summed E-state index contributed by atoms with van der Waals surface area (Å²) in [5, 5.41) is 6.26. The number of thiophene rings is 1. The Bertz CT molecular complexity index is 588. The third kappa shape index (κ3) is 4.21. The van der Waals surface area contributed by atoms with E-state index in [4.69, 9.17) is 5.73 Å². The minimum absolute atomic E-state index is 0.409. The molecule has 0 aromatic carbocycles. The molecule has 0 amide bonds. The highest BCUT2D eigenvalue weighted by Gasteiger charge is 2.05. The van der Waals surface area contributed by atoms with Gasteiger partial charge in [-0.1, -0.05) is 11.8 Å². The predicted octanol–water partition coefficient (Wildman–Crippen LogP) is 1.42. The van der Waals surface area contributed by atoms with Crippen LogP contribution >= 0.6 is 11.3 Å². The van der Waals surface area contributed by atoms with Crippen LogP contribution in [0.1, 0.15) is 16.0 Å². The van der Waals surface area contributed by atoms with Gasteiger partial charge in [0.05, 0.1) is 12.7 Å². The molecule has 0 aliphatic carbocycles. The standard InChI is InChI=1S/C14H18N4S/c1-17(8-13-7-16-18(2)9-13)10-14-6-12(11-19-14)4-3-5-15/h6-7,9,11H,5,8,10,15H2,1-2H3. The summed E-state index contributed by atoms with van der Waals surface area (Å²) in [5.41, 5.74) is 7.65. The normalized spacial score (nSPS) is 10.5. The van der Waals surface area contributed by atoms with Gasteiger partial charge >= 0.3 is 0 Å². The SMILES string of the molecule is CN(Cc1cnn(C)c1)Cc1cc(C#CCN)cs1. The van der Waals surface area contributed by atoms with Gasteiger partial charge in [0.2, 0.25) is 0 Å². The van der Waals surface area contributed by atoms with E-state index in [0.29, 0.717) is 6.54 Å². The monoisotopic (exact) mass is 274 g/mol. The summed E-state index contributed by atoms with van der Waals surface area (Å²) in [5.74, 6) is 5.93. The average Bonchev–Trinajstić information content (AvgIpc) is 2.96. The van der Waals surface area contributed by atoms with E-state index in [1.165, 1.54) is 10.4 Å². The first-order valence-electron chi connectivity index (χ1n) is 6.10. The summed E-state index contributed by atoms with van der Waals surface area (Å²) in [6.45, 7) is 2.23. The molecule has 0 fully saturated rings. The van der Waals surface area contributed by atoms with Gasteiger partial charge in [0.25, 0.3) is 0 Å². The lowest BCUT2D eigenvalue weighted by molar-refractivity contribution is 0.322. The molecule has 2 N–H and O–H groups in total. The zero-order valence-corrected chi connectivity index (χ0v) is 12.1. The van der Waals surface area contributed by atoms with Gasteiger partial charge in [-0.3, -0.25) is 9.58 Å². The summed E-state index contributed by atoms with van der Waals surface area (Å²) < 4.78 is 1.83. The van der Waals surface area contributed by atoms with Gasteiger partial charge in [-0.05, 0) is 13.1 Å². The summed E-state index contributed by atoms with van der Waals surface area (Å²) >= 11 is 1.74. The molecule has 2 rings (SSSR count). The molecule has 0 aliphatic rings. The van der Waals surface area contributed by atoms with Crippen LogP contribution in [-0.2, 0) is 20.1 Å². The highest BCUT2D eigenvalue weighted by atomic mass is 32.1. The molecule has 2 aromatic rings. The molecular formula is C14H18N4S. The molecule has 0 aliphatic heterocycles. The van der Waals surface area contributed by atoms with Crippen molar-refractivity contribution in [2.24, 2.45) is 12.8 Å². The number of aryl methyl sites for hydroxylation is 1. The minimum Gasteiger partial charge on any atom is -0.320 e. The number of nitrogens with two attached hydrogens (primary N) is 1. The molecule has 5 heteroatoms. The van der Waals surface area contributed by atoms with Crippen molar-refractivity contribution < 1.29 is 0 Å². The van der Waals surface area contributed by atoms with Gasteiger partial charge in [0.15, 0.2) is 0 Å². The second kappa shape index (κ2) is 6.53. The second-order valence-electron chi connectivity index (χ2n) is 4.50. The van der Waals surface area contributed by atoms with Crippen LogP contribution in [0, 0.1) is 11.8 Å². The Balaban J connectivity index is 1.91. The summed E-state index contributed by atoms with van der Waals surface area (Å²) in [4.78, 5) is 3.58. The number of hydrogen-bond acceptors (Lipinski definition) is 4. The van der Waals surface area contributed by atoms with Crippen LogP contribution in [0.2, 0.25) is 0 Å². The molecule has 4 nitrogen and oxygen atoms in total. The molecule has 19 heavy (non-hydrogen) atoms. The Labute approximate surface area is 117 Å². The molecule has 2 aromatic heterocycles. The fourth-order valence-electron chi connectivity index (χ4n) is 1.87. The van der Waals surface area contributed by atoms with Crippen LogP contribution in [0.3, 0.4) is 0 Å². The maximum absolute atomic E-state index is 5.37. The van der Waals surface area contributed by atoms with Gasteiger partial charge < -0.3 is 5.73 Å². The Morgan fingerprint density at radius 2 is 2.32 bits per heavy atom. The maximum atomic E-state index is 5.37. The van der Waals surface area contributed by atoms with Gasteiger partial charge in [-0.2, -0.15) is 5.10 Å². The topological polar surface area (TPSA) is 47.1 Å². The number of rotatable bonds is 4. The van der Waals surface area contributed by atoms with E-state index in [1.807, 2.05) is 24.1 Å². The number of hydrogen-bond donors (Lipinski definition) is 1. The van der Waals surface area contributed by atoms with E-state index in [1.54, 1.807) is 11.3 Å². The van der Waals surface area contributed by atoms with Crippen molar-refractivity contribution in [3.05, 3.63) is 39.8 Å². The second-order valence-corrected chi connectivity index (χ2v) is 5.50. The molecule has 0 spiro atoms. The van der Waals surface area contributed by atoms with Crippen molar-refractivity contribution in [1.82, 2.24) is 14.7 Å². The first kappa shape index (κ1) is 13.8. The quantitative estimate of drug-likeness (QED) is 0.858. The molecule has 0 bridgehead atoms. The third-order valence-electron chi connectivity index (χ3n) is 2.63. The van der Waals surface area contributed by atoms with Crippen molar-refractivity contribution in [3.63, 3.8) is 0 Å². The molecule has 0 unspecified atom stereocenters. The summed E-state index contributed by atoms with van der Waals surface area (Å²) in [7, 11) is 4.04. The van der Waals surface area contributed by atoms with Gasteiger partial charge in [-0.15, -0.1) is 11.3 Å². The Morgan fingerprint density at radius 1 is 1.47 bits per heavy atom. The van der Waals surface area contributed by atoms with Crippen LogP contribution < -0.4 is 5.73 Å². The molecular weight excluding hydrogens is 256 g/mol. The van der Waals surface area contributed by atoms with Crippen LogP contribution in [-0.4, -0.2) is 28.3 Å². The van der Waals surface area contributed by atoms with E-state index >= 15 is 0 Å². The van der Waals surface area contributed by atoms with Gasteiger partial charge in [-0.25, -0.2) is 0 Å². The van der Waals surface area contributed by atoms with E-state index in [-0.39, 0.29) is 0 Å². The molecule has 0 saturated carbocycles. The molecule has 0 saturated heterocycles. The largest absolute Gasteiger partial charge is 0.320 e. The Kier molecular flexibility index (Phi) is 4.74. The highest BCUT2D eigenvalue weighted by molar-refractivity contribution is 7.10. The van der Waals surface area contributed by atoms with Gasteiger partial charge in [0.1, 0.15) is 0 Å².